The van der Waals surface area contributed by atoms with Crippen molar-refractivity contribution < 1.29 is 4.79 Å². The van der Waals surface area contributed by atoms with Crippen LogP contribution in [-0.2, 0) is 4.79 Å². The van der Waals surface area contributed by atoms with E-state index in [1.807, 2.05) is 12.1 Å². The third-order valence-electron chi connectivity index (χ3n) is 3.92. The number of carbonyl (C=O) groups excluding carboxylic acids is 1. The van der Waals surface area contributed by atoms with Crippen molar-refractivity contribution in [3.8, 4) is 0 Å². The minimum atomic E-state index is 0.0775. The Morgan fingerprint density at radius 1 is 1.40 bits per heavy atom. The maximum Gasteiger partial charge on any atom is 0.225 e. The van der Waals surface area contributed by atoms with Crippen LogP contribution in [0.25, 0.3) is 0 Å². The average molecular weight is 275 g/mol. The molecule has 4 nitrogen and oxygen atoms in total. The van der Waals surface area contributed by atoms with Gasteiger partial charge in [-0.1, -0.05) is 13.3 Å². The molecular formula is C16H25N3O. The summed E-state index contributed by atoms with van der Waals surface area (Å²) in [5, 5.41) is 2.91. The summed E-state index contributed by atoms with van der Waals surface area (Å²) in [7, 11) is 0. The number of nitrogens with two attached hydrogens (primary N) is 1. The number of nitrogens with one attached hydrogen (secondary N) is 1. The second-order valence-corrected chi connectivity index (χ2v) is 5.66. The quantitative estimate of drug-likeness (QED) is 0.785. The van der Waals surface area contributed by atoms with Crippen LogP contribution < -0.4 is 11.1 Å². The van der Waals surface area contributed by atoms with Gasteiger partial charge in [0.25, 0.3) is 0 Å². The van der Waals surface area contributed by atoms with Gasteiger partial charge in [0.05, 0.1) is 0 Å². The summed E-state index contributed by atoms with van der Waals surface area (Å²) in [4.78, 5) is 14.3. The van der Waals surface area contributed by atoms with Crippen molar-refractivity contribution in [1.29, 1.82) is 0 Å². The summed E-state index contributed by atoms with van der Waals surface area (Å²) in [5.41, 5.74) is 7.14. The highest BCUT2D eigenvalue weighted by atomic mass is 16.1. The molecule has 2 rings (SSSR count). The number of amides is 1. The highest BCUT2D eigenvalue weighted by Gasteiger charge is 2.21. The van der Waals surface area contributed by atoms with Crippen LogP contribution >= 0.6 is 0 Å². The van der Waals surface area contributed by atoms with Crippen molar-refractivity contribution >= 4 is 17.3 Å². The third-order valence-corrected chi connectivity index (χ3v) is 3.92. The van der Waals surface area contributed by atoms with Gasteiger partial charge in [-0.3, -0.25) is 4.79 Å². The van der Waals surface area contributed by atoms with E-state index < -0.39 is 0 Å². The predicted octanol–water partition coefficient (Wildman–Crippen LogP) is 2.72. The van der Waals surface area contributed by atoms with Gasteiger partial charge in [0.15, 0.2) is 0 Å². The van der Waals surface area contributed by atoms with Crippen LogP contribution in [0.2, 0.25) is 0 Å². The normalized spacial score (nSPS) is 19.1. The number of carbonyl (C=O) groups is 1. The van der Waals surface area contributed by atoms with E-state index in [4.69, 9.17) is 5.73 Å². The van der Waals surface area contributed by atoms with Crippen molar-refractivity contribution in [2.75, 3.05) is 30.7 Å². The minimum absolute atomic E-state index is 0.0775. The van der Waals surface area contributed by atoms with E-state index in [9.17, 15) is 4.79 Å². The molecule has 1 aromatic carbocycles. The molecule has 0 radical (unpaired) electrons. The standard InChI is InChI=1S/C16H25N3O/c1-2-3-13-8-10-19(12-13)11-9-16(20)18-15-6-4-14(17)5-7-15/h4-7,13H,2-3,8-12,17H2,1H3,(H,18,20). The number of rotatable bonds is 6. The zero-order valence-electron chi connectivity index (χ0n) is 12.3. The molecule has 1 aliphatic heterocycles. The number of nitrogens with zero attached hydrogens (tertiary/aromatic N) is 1. The monoisotopic (exact) mass is 275 g/mol. The fourth-order valence-corrected chi connectivity index (χ4v) is 2.81. The molecule has 1 aromatic rings. The van der Waals surface area contributed by atoms with Crippen LogP contribution in [0, 0.1) is 5.92 Å². The summed E-state index contributed by atoms with van der Waals surface area (Å²) in [6, 6.07) is 7.26. The molecule has 110 valence electrons. The molecule has 0 aliphatic carbocycles. The molecule has 0 saturated carbocycles. The maximum atomic E-state index is 11.9. The lowest BCUT2D eigenvalue weighted by atomic mass is 10.0. The Bertz CT molecular complexity index is 430. The van der Waals surface area contributed by atoms with Crippen molar-refractivity contribution in [3.05, 3.63) is 24.3 Å². The van der Waals surface area contributed by atoms with E-state index in [0.29, 0.717) is 12.1 Å². The number of likely N-dealkylation sites (tertiary alicyclic amines) is 1. The van der Waals surface area contributed by atoms with Gasteiger partial charge in [-0.2, -0.15) is 0 Å². The Balaban J connectivity index is 1.69. The second kappa shape index (κ2) is 7.29. The van der Waals surface area contributed by atoms with Gasteiger partial charge in [-0.05, 0) is 49.6 Å². The van der Waals surface area contributed by atoms with Crippen LogP contribution in [0.4, 0.5) is 11.4 Å². The average Bonchev–Trinajstić information content (AvgIpc) is 2.87. The van der Waals surface area contributed by atoms with E-state index in [2.05, 4.69) is 17.1 Å². The van der Waals surface area contributed by atoms with Gasteiger partial charge in [-0.25, -0.2) is 0 Å². The SMILES string of the molecule is CCCC1CCN(CCC(=O)Nc2ccc(N)cc2)C1. The maximum absolute atomic E-state index is 11.9. The first-order chi connectivity index (χ1) is 9.67. The third kappa shape index (κ3) is 4.53. The molecule has 1 amide bonds. The number of nitrogen functional groups attached to an aromatic ring is 1. The van der Waals surface area contributed by atoms with Gasteiger partial charge in [0.1, 0.15) is 0 Å². The molecule has 0 bridgehead atoms. The summed E-state index contributed by atoms with van der Waals surface area (Å²) in [6.07, 6.45) is 4.42. The van der Waals surface area contributed by atoms with Crippen molar-refractivity contribution in [2.45, 2.75) is 32.6 Å². The summed E-state index contributed by atoms with van der Waals surface area (Å²) < 4.78 is 0. The van der Waals surface area contributed by atoms with Crippen LogP contribution in [0.3, 0.4) is 0 Å². The largest absolute Gasteiger partial charge is 0.399 e. The van der Waals surface area contributed by atoms with E-state index in [1.54, 1.807) is 12.1 Å². The van der Waals surface area contributed by atoms with Crippen LogP contribution in [0.15, 0.2) is 24.3 Å². The fraction of sp³-hybridized carbons (Fsp3) is 0.562. The topological polar surface area (TPSA) is 58.4 Å². The van der Waals surface area contributed by atoms with Crippen LogP contribution in [-0.4, -0.2) is 30.4 Å². The second-order valence-electron chi connectivity index (χ2n) is 5.66. The van der Waals surface area contributed by atoms with E-state index in [-0.39, 0.29) is 5.91 Å². The van der Waals surface area contributed by atoms with Crippen molar-refractivity contribution in [1.82, 2.24) is 4.90 Å². The van der Waals surface area contributed by atoms with Gasteiger partial charge in [0, 0.05) is 30.9 Å². The molecule has 1 saturated heterocycles. The minimum Gasteiger partial charge on any atom is -0.399 e. The Labute approximate surface area is 121 Å². The summed E-state index contributed by atoms with van der Waals surface area (Å²) >= 11 is 0. The first kappa shape index (κ1) is 14.9. The zero-order valence-corrected chi connectivity index (χ0v) is 12.3. The summed E-state index contributed by atoms with van der Waals surface area (Å²) in [5.74, 6) is 0.911. The number of hydrogen-bond acceptors (Lipinski definition) is 3. The molecule has 3 N–H and O–H groups in total. The molecular weight excluding hydrogens is 250 g/mol. The Hall–Kier alpha value is -1.55. The lowest BCUT2D eigenvalue weighted by Gasteiger charge is -2.15. The molecule has 1 atom stereocenters. The van der Waals surface area contributed by atoms with Gasteiger partial charge < -0.3 is 16.0 Å². The highest BCUT2D eigenvalue weighted by Crippen LogP contribution is 2.20. The van der Waals surface area contributed by atoms with Crippen molar-refractivity contribution in [2.24, 2.45) is 5.92 Å². The molecule has 1 fully saturated rings. The molecule has 4 heteroatoms. The smallest absolute Gasteiger partial charge is 0.225 e. The van der Waals surface area contributed by atoms with E-state index >= 15 is 0 Å². The molecule has 1 unspecified atom stereocenters. The molecule has 1 aliphatic rings. The lowest BCUT2D eigenvalue weighted by molar-refractivity contribution is -0.116. The fourth-order valence-electron chi connectivity index (χ4n) is 2.81. The highest BCUT2D eigenvalue weighted by molar-refractivity contribution is 5.90. The van der Waals surface area contributed by atoms with E-state index in [0.717, 1.165) is 31.2 Å². The first-order valence-corrected chi connectivity index (χ1v) is 7.55. The Morgan fingerprint density at radius 2 is 2.15 bits per heavy atom. The van der Waals surface area contributed by atoms with Crippen LogP contribution in [0.1, 0.15) is 32.6 Å². The molecule has 1 heterocycles. The van der Waals surface area contributed by atoms with Gasteiger partial charge in [0.2, 0.25) is 5.91 Å². The number of anilines is 2. The zero-order chi connectivity index (χ0) is 14.4. The molecule has 0 spiro atoms. The van der Waals surface area contributed by atoms with Crippen molar-refractivity contribution in [3.63, 3.8) is 0 Å². The van der Waals surface area contributed by atoms with Gasteiger partial charge in [-0.15, -0.1) is 0 Å². The Morgan fingerprint density at radius 3 is 2.85 bits per heavy atom. The first-order valence-electron chi connectivity index (χ1n) is 7.55. The molecule has 0 aromatic heterocycles. The number of benzene rings is 1. The van der Waals surface area contributed by atoms with Crippen LogP contribution in [0.5, 0.6) is 0 Å². The predicted molar refractivity (Wildman–Crippen MR) is 83.6 cm³/mol. The van der Waals surface area contributed by atoms with Gasteiger partial charge >= 0.3 is 0 Å². The number of hydrogen-bond donors (Lipinski definition) is 2. The summed E-state index contributed by atoms with van der Waals surface area (Å²) in [6.45, 7) is 5.40. The Kier molecular flexibility index (Phi) is 5.41. The lowest BCUT2D eigenvalue weighted by Crippen LogP contribution is -2.26. The van der Waals surface area contributed by atoms with E-state index in [1.165, 1.54) is 19.3 Å². The molecule has 20 heavy (non-hydrogen) atoms.